The van der Waals surface area contributed by atoms with Crippen molar-refractivity contribution in [2.75, 3.05) is 91.6 Å². The number of amides is 4. The van der Waals surface area contributed by atoms with Crippen molar-refractivity contribution in [2.45, 2.75) is 118 Å². The van der Waals surface area contributed by atoms with Gasteiger partial charge >= 0.3 is 11.8 Å². The topological polar surface area (TPSA) is 211 Å². The van der Waals surface area contributed by atoms with Crippen LogP contribution in [0.2, 0.25) is 0 Å². The molecule has 17 heteroatoms. The van der Waals surface area contributed by atoms with Crippen molar-refractivity contribution in [2.24, 2.45) is 46.3 Å². The molecule has 8 atom stereocenters. The molecule has 2 heterocycles. The number of aromatic amines is 1. The number of allylic oxidation sites excluding steroid dienone is 1. The molecule has 4 amide bonds. The molecule has 0 aromatic carbocycles. The summed E-state index contributed by atoms with van der Waals surface area (Å²) in [4.78, 5) is 82.1. The van der Waals surface area contributed by atoms with Crippen molar-refractivity contribution in [3.8, 4) is 0 Å². The molecule has 1 aliphatic heterocycles. The van der Waals surface area contributed by atoms with E-state index < -0.39 is 35.7 Å². The maximum absolute atomic E-state index is 13.5. The number of rotatable bonds is 18. The van der Waals surface area contributed by atoms with Crippen LogP contribution in [0.5, 0.6) is 0 Å². The zero-order valence-electron chi connectivity index (χ0n) is 41.4. The largest absolute Gasteiger partial charge is 0.446 e. The van der Waals surface area contributed by atoms with Gasteiger partial charge in [-0.2, -0.15) is 0 Å². The van der Waals surface area contributed by atoms with Gasteiger partial charge in [0.25, 0.3) is 5.56 Å². The summed E-state index contributed by atoms with van der Waals surface area (Å²) in [5, 5.41) is 18.5. The number of aromatic nitrogens is 2. The van der Waals surface area contributed by atoms with Gasteiger partial charge in [0.15, 0.2) is 0 Å². The third kappa shape index (κ3) is 14.5. The number of alkyl carbamates (subject to hydrolysis) is 1. The zero-order valence-corrected chi connectivity index (χ0v) is 41.4. The number of carbonyl (C=O) groups is 4. The lowest BCUT2D eigenvalue weighted by Gasteiger charge is -2.58. The Morgan fingerprint density at radius 3 is 2.24 bits per heavy atom. The first kappa shape index (κ1) is 52.3. The molecule has 6 rings (SSSR count). The highest BCUT2D eigenvalue weighted by molar-refractivity contribution is 5.85. The summed E-state index contributed by atoms with van der Waals surface area (Å²) in [6.45, 7) is 18.4. The highest BCUT2D eigenvalue weighted by Crippen LogP contribution is 2.67. The van der Waals surface area contributed by atoms with Gasteiger partial charge in [-0.05, 0) is 91.3 Å². The number of nitrogens with zero attached hydrogens (tertiary/aromatic N) is 3. The van der Waals surface area contributed by atoms with Crippen LogP contribution in [0.25, 0.3) is 0 Å². The lowest BCUT2D eigenvalue weighted by Crippen LogP contribution is -2.51. The molecule has 1 aromatic heterocycles. The van der Waals surface area contributed by atoms with Crippen LogP contribution < -0.4 is 43.1 Å². The second-order valence-corrected chi connectivity index (χ2v) is 21.3. The van der Waals surface area contributed by atoms with Crippen molar-refractivity contribution >= 4 is 23.8 Å². The minimum absolute atomic E-state index is 0.00738. The van der Waals surface area contributed by atoms with Crippen LogP contribution in [0, 0.1) is 46.3 Å². The Bertz CT molecular complexity index is 1940. The Hall–Kier alpha value is -4.06. The summed E-state index contributed by atoms with van der Waals surface area (Å²) in [6, 6.07) is 1.14. The first-order valence-electron chi connectivity index (χ1n) is 25.8. The molecule has 7 N–H and O–H groups in total. The third-order valence-electron chi connectivity index (χ3n) is 16.4. The summed E-state index contributed by atoms with van der Waals surface area (Å²) in [7, 11) is 0. The molecule has 0 radical (unpaired) electrons. The summed E-state index contributed by atoms with van der Waals surface area (Å²) < 4.78 is 7.02. The smallest absolute Gasteiger partial charge is 0.407 e. The summed E-state index contributed by atoms with van der Waals surface area (Å²) in [6.07, 6.45) is 16.2. The minimum Gasteiger partial charge on any atom is -0.446 e. The van der Waals surface area contributed by atoms with E-state index in [1.165, 1.54) is 61.6 Å². The monoisotopic (exact) mass is 937 g/mol. The Morgan fingerprint density at radius 1 is 0.821 bits per heavy atom. The van der Waals surface area contributed by atoms with Gasteiger partial charge in [0.2, 0.25) is 17.7 Å². The molecule has 17 nitrogen and oxygen atoms in total. The average Bonchev–Trinajstić information content (AvgIpc) is 3.64. The van der Waals surface area contributed by atoms with Crippen LogP contribution in [0.3, 0.4) is 0 Å². The molecule has 376 valence electrons. The van der Waals surface area contributed by atoms with Crippen molar-refractivity contribution in [1.82, 2.24) is 51.3 Å². The number of hydrogen-bond donors (Lipinski definition) is 7. The lowest BCUT2D eigenvalue weighted by molar-refractivity contribution is -0.136. The SMILES string of the molecule is CC(C)CCC[C@@H](C)[C@H]1CC[C@H]2[C@@H]3CC=C4C[C@@H](OC(=O)NCCNC(=O)CN(CCNC(=O)CN5CCNCCNCCNCC5)C(=O)Cn5ccc(=O)[nH]c5=O)CC[C@]4(C)[C@H]3CC[C@]12C. The van der Waals surface area contributed by atoms with Crippen molar-refractivity contribution in [3.05, 3.63) is 44.8 Å². The fourth-order valence-electron chi connectivity index (χ4n) is 12.7. The van der Waals surface area contributed by atoms with Crippen molar-refractivity contribution in [3.63, 3.8) is 0 Å². The zero-order chi connectivity index (χ0) is 48.0. The highest BCUT2D eigenvalue weighted by atomic mass is 16.6. The van der Waals surface area contributed by atoms with E-state index in [4.69, 9.17) is 4.74 Å². The summed E-state index contributed by atoms with van der Waals surface area (Å²) in [5.41, 5.74) is 0.726. The molecule has 4 aliphatic carbocycles. The van der Waals surface area contributed by atoms with Gasteiger partial charge in [-0.3, -0.25) is 33.6 Å². The van der Waals surface area contributed by atoms with Gasteiger partial charge in [-0.25, -0.2) is 9.59 Å². The van der Waals surface area contributed by atoms with E-state index in [2.05, 4.69) is 82.5 Å². The molecule has 67 heavy (non-hydrogen) atoms. The van der Waals surface area contributed by atoms with Gasteiger partial charge in [-0.1, -0.05) is 65.5 Å². The van der Waals surface area contributed by atoms with Gasteiger partial charge in [0.05, 0.1) is 13.1 Å². The van der Waals surface area contributed by atoms with Gasteiger partial charge < -0.3 is 41.5 Å². The molecule has 0 spiro atoms. The Kier molecular flexibility index (Phi) is 19.5. The Labute approximate surface area is 398 Å². The molecule has 1 aromatic rings. The quantitative estimate of drug-likeness (QED) is 0.0841. The van der Waals surface area contributed by atoms with E-state index in [1.807, 2.05) is 0 Å². The molecule has 0 bridgehead atoms. The van der Waals surface area contributed by atoms with Gasteiger partial charge in [-0.15, -0.1) is 0 Å². The maximum Gasteiger partial charge on any atom is 0.407 e. The highest BCUT2D eigenvalue weighted by Gasteiger charge is 2.59. The molecular weight excluding hydrogens is 853 g/mol. The summed E-state index contributed by atoms with van der Waals surface area (Å²) in [5.74, 6) is 3.40. The lowest BCUT2D eigenvalue weighted by atomic mass is 9.47. The van der Waals surface area contributed by atoms with E-state index in [0.29, 0.717) is 24.4 Å². The normalized spacial score (nSPS) is 28.6. The van der Waals surface area contributed by atoms with Crippen LogP contribution in [-0.4, -0.2) is 141 Å². The predicted molar refractivity (Wildman–Crippen MR) is 260 cm³/mol. The minimum atomic E-state index is -0.749. The standard InChI is InChI=1S/C50H84N10O7/c1-35(2)7-6-8-36(3)40-11-12-41-39-10-9-37-31-38(13-16-49(37,4)42(39)14-17-50(40,41)5)67-48(66)56-23-22-54-45(63)33-59(46(64)34-60-27-15-43(61)57-47(60)65)30-26-55-44(62)32-58-28-24-52-20-18-51-19-21-53-25-29-58/h9,15,27,35-36,38-42,51-53H,6-8,10-14,16-26,28-34H2,1-5H3,(H,54,63)(H,55,62)(H,56,66)(H,57,61,65)/t36-,38+,39+,40-,41+,42+,49+,50-/m1/s1. The van der Waals surface area contributed by atoms with Crippen molar-refractivity contribution in [1.29, 1.82) is 0 Å². The van der Waals surface area contributed by atoms with E-state index >= 15 is 0 Å². The van der Waals surface area contributed by atoms with E-state index in [-0.39, 0.29) is 56.7 Å². The predicted octanol–water partition coefficient (Wildman–Crippen LogP) is 2.82. The van der Waals surface area contributed by atoms with E-state index in [0.717, 1.165) is 105 Å². The molecular formula is C50H84N10O7. The Balaban J connectivity index is 0.940. The fourth-order valence-corrected chi connectivity index (χ4v) is 12.7. The van der Waals surface area contributed by atoms with Crippen LogP contribution in [-0.2, 0) is 25.7 Å². The van der Waals surface area contributed by atoms with E-state index in [1.54, 1.807) is 0 Å². The molecule has 4 fully saturated rings. The molecule has 5 aliphatic rings. The number of hydrogen-bond acceptors (Lipinski definition) is 11. The van der Waals surface area contributed by atoms with E-state index in [9.17, 15) is 28.8 Å². The van der Waals surface area contributed by atoms with Gasteiger partial charge in [0, 0.05) is 97.2 Å². The molecule has 3 saturated carbocycles. The van der Waals surface area contributed by atoms with Crippen LogP contribution in [0.15, 0.2) is 33.5 Å². The number of fused-ring (bicyclic) bond motifs is 5. The van der Waals surface area contributed by atoms with Crippen molar-refractivity contribution < 1.29 is 23.9 Å². The number of nitrogens with one attached hydrogen (secondary N) is 7. The van der Waals surface area contributed by atoms with Crippen LogP contribution in [0.1, 0.15) is 105 Å². The maximum atomic E-state index is 13.5. The second kappa shape index (κ2) is 25.0. The average molecular weight is 937 g/mol. The number of carbonyl (C=O) groups excluding carboxylic acids is 4. The summed E-state index contributed by atoms with van der Waals surface area (Å²) >= 11 is 0. The molecule has 1 saturated heterocycles. The first-order valence-corrected chi connectivity index (χ1v) is 25.8. The molecule has 0 unspecified atom stereocenters. The second-order valence-electron chi connectivity index (χ2n) is 21.3. The number of ether oxygens (including phenoxy) is 1. The van der Waals surface area contributed by atoms with Crippen LogP contribution >= 0.6 is 0 Å². The first-order chi connectivity index (χ1) is 32.2. The Morgan fingerprint density at radius 2 is 1.52 bits per heavy atom. The fraction of sp³-hybridized carbons (Fsp3) is 0.800. The van der Waals surface area contributed by atoms with Gasteiger partial charge in [0.1, 0.15) is 12.6 Å². The van der Waals surface area contributed by atoms with Crippen LogP contribution in [0.4, 0.5) is 4.79 Å². The third-order valence-corrected chi connectivity index (χ3v) is 16.4. The number of H-pyrrole nitrogens is 1.